The molecule has 0 amide bonds. The topological polar surface area (TPSA) is 66.8 Å². The van der Waals surface area contributed by atoms with Crippen LogP contribution in [0.2, 0.25) is 0 Å². The van der Waals surface area contributed by atoms with E-state index >= 15 is 0 Å². The minimum atomic E-state index is -1.07. The molecule has 0 heterocycles. The van der Waals surface area contributed by atoms with Gasteiger partial charge in [0.2, 0.25) is 0 Å². The lowest BCUT2D eigenvalue weighted by atomic mass is 10.1. The highest BCUT2D eigenvalue weighted by molar-refractivity contribution is 5.74. The van der Waals surface area contributed by atoms with Gasteiger partial charge in [0, 0.05) is 6.61 Å². The molecule has 1 atom stereocenters. The van der Waals surface area contributed by atoms with Crippen molar-refractivity contribution in [2.75, 3.05) is 6.61 Å². The molecule has 0 aromatic rings. The molecule has 0 spiro atoms. The maximum atomic E-state index is 11.2. The lowest BCUT2D eigenvalue weighted by Gasteiger charge is -2.21. The molecule has 0 saturated carbocycles. The van der Waals surface area contributed by atoms with Crippen molar-refractivity contribution in [1.29, 1.82) is 0 Å². The van der Waals surface area contributed by atoms with Crippen molar-refractivity contribution in [2.45, 2.75) is 51.7 Å². The van der Waals surface area contributed by atoms with Crippen LogP contribution in [0, 0.1) is 0 Å². The fourth-order valence-corrected chi connectivity index (χ4v) is 0.937. The Hall–Kier alpha value is -0.610. The molecule has 0 aliphatic rings. The highest BCUT2D eigenvalue weighted by Gasteiger charge is 2.22. The van der Waals surface area contributed by atoms with E-state index in [-0.39, 0.29) is 6.61 Å². The van der Waals surface area contributed by atoms with Gasteiger partial charge in [-0.1, -0.05) is 0 Å². The van der Waals surface area contributed by atoms with Gasteiger partial charge in [-0.3, -0.25) is 0 Å². The van der Waals surface area contributed by atoms with Gasteiger partial charge in [0.25, 0.3) is 0 Å². The van der Waals surface area contributed by atoms with Crippen LogP contribution >= 0.6 is 0 Å². The largest absolute Gasteiger partial charge is 0.458 e. The normalized spacial score (nSPS) is 13.8. The van der Waals surface area contributed by atoms with Crippen LogP contribution < -0.4 is 0 Å². The molecule has 84 valence electrons. The van der Waals surface area contributed by atoms with Gasteiger partial charge in [0.05, 0.1) is 0 Å². The van der Waals surface area contributed by atoms with E-state index in [2.05, 4.69) is 0 Å². The zero-order chi connectivity index (χ0) is 11.2. The van der Waals surface area contributed by atoms with Crippen molar-refractivity contribution >= 4 is 5.97 Å². The van der Waals surface area contributed by atoms with E-state index in [4.69, 9.17) is 9.84 Å². The van der Waals surface area contributed by atoms with Crippen LogP contribution in [0.4, 0.5) is 0 Å². The molecular formula is C10H20O4. The number of carbonyl (C=O) groups is 1. The van der Waals surface area contributed by atoms with Crippen LogP contribution in [-0.4, -0.2) is 34.5 Å². The van der Waals surface area contributed by atoms with Gasteiger partial charge >= 0.3 is 5.97 Å². The fourth-order valence-electron chi connectivity index (χ4n) is 0.937. The number of aliphatic hydroxyl groups is 2. The Balaban J connectivity index is 3.77. The van der Waals surface area contributed by atoms with Gasteiger partial charge in [-0.05, 0) is 40.0 Å². The van der Waals surface area contributed by atoms with Crippen molar-refractivity contribution in [3.63, 3.8) is 0 Å². The summed E-state index contributed by atoms with van der Waals surface area (Å²) >= 11 is 0. The van der Waals surface area contributed by atoms with E-state index in [1.54, 1.807) is 20.8 Å². The molecule has 0 bridgehead atoms. The van der Waals surface area contributed by atoms with Gasteiger partial charge in [0.15, 0.2) is 6.10 Å². The summed E-state index contributed by atoms with van der Waals surface area (Å²) in [6.07, 6.45) is 0.493. The maximum absolute atomic E-state index is 11.2. The average Bonchev–Trinajstić information content (AvgIpc) is 2.01. The number of carbonyl (C=O) groups excluding carboxylic acids is 1. The zero-order valence-electron chi connectivity index (χ0n) is 9.12. The quantitative estimate of drug-likeness (QED) is 0.514. The van der Waals surface area contributed by atoms with E-state index in [1.807, 2.05) is 0 Å². The van der Waals surface area contributed by atoms with Crippen LogP contribution in [0.1, 0.15) is 40.0 Å². The molecule has 0 aliphatic heterocycles. The van der Waals surface area contributed by atoms with Crippen LogP contribution in [0.15, 0.2) is 0 Å². The first-order valence-corrected chi connectivity index (χ1v) is 4.88. The summed E-state index contributed by atoms with van der Waals surface area (Å²) in [7, 11) is 0. The van der Waals surface area contributed by atoms with Crippen LogP contribution in [0.3, 0.4) is 0 Å². The summed E-state index contributed by atoms with van der Waals surface area (Å²) in [5.74, 6) is -0.588. The second-order valence-electron chi connectivity index (χ2n) is 4.27. The summed E-state index contributed by atoms with van der Waals surface area (Å²) in [5, 5.41) is 17.9. The minimum absolute atomic E-state index is 0.0844. The number of hydrogen-bond acceptors (Lipinski definition) is 4. The summed E-state index contributed by atoms with van der Waals surface area (Å²) in [6.45, 7) is 5.35. The summed E-state index contributed by atoms with van der Waals surface area (Å²) in [4.78, 5) is 11.2. The Kier molecular flexibility index (Phi) is 5.72. The SMILES string of the molecule is CC(C)(C)OC(=O)C(O)CCCCO. The first-order valence-electron chi connectivity index (χ1n) is 4.88. The molecule has 0 aromatic carbocycles. The van der Waals surface area contributed by atoms with Crippen molar-refractivity contribution in [3.05, 3.63) is 0 Å². The molecule has 1 unspecified atom stereocenters. The molecule has 4 heteroatoms. The predicted octanol–water partition coefficient (Wildman–Crippen LogP) is 0.852. The monoisotopic (exact) mass is 204 g/mol. The number of hydrogen-bond donors (Lipinski definition) is 2. The molecule has 2 N–H and O–H groups in total. The second kappa shape index (κ2) is 5.98. The molecule has 0 aromatic heterocycles. The molecule has 4 nitrogen and oxygen atoms in total. The first-order chi connectivity index (χ1) is 6.37. The van der Waals surface area contributed by atoms with Gasteiger partial charge in [-0.2, -0.15) is 0 Å². The molecule has 0 saturated heterocycles. The highest BCUT2D eigenvalue weighted by atomic mass is 16.6. The van der Waals surface area contributed by atoms with Crippen molar-refractivity contribution in [2.24, 2.45) is 0 Å². The Morgan fingerprint density at radius 1 is 1.36 bits per heavy atom. The van der Waals surface area contributed by atoms with E-state index in [0.29, 0.717) is 19.3 Å². The third-order valence-corrected chi connectivity index (χ3v) is 1.56. The predicted molar refractivity (Wildman–Crippen MR) is 52.8 cm³/mol. The van der Waals surface area contributed by atoms with E-state index in [0.717, 1.165) is 0 Å². The Morgan fingerprint density at radius 2 is 1.93 bits per heavy atom. The number of aliphatic hydroxyl groups excluding tert-OH is 2. The Bertz CT molecular complexity index is 171. The number of ether oxygens (including phenoxy) is 1. The van der Waals surface area contributed by atoms with E-state index in [1.165, 1.54) is 0 Å². The molecule has 14 heavy (non-hydrogen) atoms. The molecule has 0 radical (unpaired) electrons. The third kappa shape index (κ3) is 6.86. The molecule has 0 fully saturated rings. The smallest absolute Gasteiger partial charge is 0.335 e. The number of unbranched alkanes of at least 4 members (excludes halogenated alkanes) is 1. The van der Waals surface area contributed by atoms with E-state index in [9.17, 15) is 9.90 Å². The molecule has 0 rings (SSSR count). The zero-order valence-corrected chi connectivity index (χ0v) is 9.12. The van der Waals surface area contributed by atoms with Gasteiger partial charge in [0.1, 0.15) is 5.60 Å². The van der Waals surface area contributed by atoms with E-state index < -0.39 is 17.7 Å². The van der Waals surface area contributed by atoms with Crippen molar-refractivity contribution in [3.8, 4) is 0 Å². The van der Waals surface area contributed by atoms with Crippen molar-refractivity contribution in [1.82, 2.24) is 0 Å². The standard InChI is InChI=1S/C10H20O4/c1-10(2,3)14-9(13)8(12)6-4-5-7-11/h8,11-12H,4-7H2,1-3H3. The lowest BCUT2D eigenvalue weighted by molar-refractivity contribution is -0.165. The van der Waals surface area contributed by atoms with Gasteiger partial charge in [-0.15, -0.1) is 0 Å². The maximum Gasteiger partial charge on any atom is 0.335 e. The first kappa shape index (κ1) is 13.4. The van der Waals surface area contributed by atoms with Crippen LogP contribution in [0.5, 0.6) is 0 Å². The van der Waals surface area contributed by atoms with Crippen LogP contribution in [0.25, 0.3) is 0 Å². The molecular weight excluding hydrogens is 184 g/mol. The van der Waals surface area contributed by atoms with Crippen LogP contribution in [-0.2, 0) is 9.53 Å². The summed E-state index contributed by atoms with van der Waals surface area (Å²) in [6, 6.07) is 0. The Morgan fingerprint density at radius 3 is 2.36 bits per heavy atom. The Labute approximate surface area is 84.9 Å². The van der Waals surface area contributed by atoms with Crippen molar-refractivity contribution < 1.29 is 19.7 Å². The fraction of sp³-hybridized carbons (Fsp3) is 0.900. The summed E-state index contributed by atoms with van der Waals surface area (Å²) in [5.41, 5.74) is -0.560. The second-order valence-corrected chi connectivity index (χ2v) is 4.27. The number of esters is 1. The van der Waals surface area contributed by atoms with Gasteiger partial charge in [-0.25, -0.2) is 4.79 Å². The van der Waals surface area contributed by atoms with Gasteiger partial charge < -0.3 is 14.9 Å². The average molecular weight is 204 g/mol. The molecule has 0 aliphatic carbocycles. The summed E-state index contributed by atoms with van der Waals surface area (Å²) < 4.78 is 4.98. The highest BCUT2D eigenvalue weighted by Crippen LogP contribution is 2.10. The lowest BCUT2D eigenvalue weighted by Crippen LogP contribution is -2.31. The third-order valence-electron chi connectivity index (χ3n) is 1.56. The minimum Gasteiger partial charge on any atom is -0.458 e. The number of rotatable bonds is 5.